The van der Waals surface area contributed by atoms with Crippen LogP contribution in [0, 0.1) is 5.95 Å². The Balaban J connectivity index is 2.83. The fourth-order valence-corrected chi connectivity index (χ4v) is 1.76. The van der Waals surface area contributed by atoms with Crippen molar-refractivity contribution in [3.8, 4) is 0 Å². The summed E-state index contributed by atoms with van der Waals surface area (Å²) in [5.41, 5.74) is 1.66. The second-order valence-corrected chi connectivity index (χ2v) is 4.76. The Labute approximate surface area is 89.0 Å². The van der Waals surface area contributed by atoms with Gasteiger partial charge in [-0.05, 0) is 23.1 Å². The van der Waals surface area contributed by atoms with Gasteiger partial charge < -0.3 is 0 Å². The minimum Gasteiger partial charge on any atom is -0.220 e. The molecule has 0 fully saturated rings. The van der Waals surface area contributed by atoms with Crippen LogP contribution in [0.15, 0.2) is 30.3 Å². The molecule has 0 aliphatic heterocycles. The number of pyridine rings is 1. The highest BCUT2D eigenvalue weighted by atomic mass is 19.1. The summed E-state index contributed by atoms with van der Waals surface area (Å²) in [5.74, 6) is -0.404. The van der Waals surface area contributed by atoms with Crippen LogP contribution in [0.1, 0.15) is 26.3 Å². The third-order valence-electron chi connectivity index (χ3n) is 2.49. The maximum absolute atomic E-state index is 13.3. The fourth-order valence-electron chi connectivity index (χ4n) is 1.76. The van der Waals surface area contributed by atoms with Crippen LogP contribution in [-0.4, -0.2) is 4.98 Å². The molecule has 15 heavy (non-hydrogen) atoms. The molecule has 0 aliphatic carbocycles. The summed E-state index contributed by atoms with van der Waals surface area (Å²) in [4.78, 5) is 3.88. The average molecular weight is 203 g/mol. The van der Waals surface area contributed by atoms with Crippen molar-refractivity contribution in [3.05, 3.63) is 41.8 Å². The van der Waals surface area contributed by atoms with Crippen LogP contribution in [0.5, 0.6) is 0 Å². The van der Waals surface area contributed by atoms with Crippen molar-refractivity contribution in [1.82, 2.24) is 4.98 Å². The summed E-state index contributed by atoms with van der Waals surface area (Å²) < 4.78 is 13.3. The zero-order valence-corrected chi connectivity index (χ0v) is 9.21. The lowest BCUT2D eigenvalue weighted by molar-refractivity contribution is 0.560. The Morgan fingerprint density at radius 2 is 1.80 bits per heavy atom. The molecule has 1 nitrogen and oxygen atoms in total. The van der Waals surface area contributed by atoms with Crippen LogP contribution in [0.2, 0.25) is 0 Å². The number of para-hydroxylation sites is 1. The van der Waals surface area contributed by atoms with Gasteiger partial charge in [-0.1, -0.05) is 39.0 Å². The molecule has 0 bridgehead atoms. The number of aromatic nitrogens is 1. The molecule has 1 heterocycles. The number of rotatable bonds is 0. The van der Waals surface area contributed by atoms with Gasteiger partial charge in [0.05, 0.1) is 5.52 Å². The number of hydrogen-bond acceptors (Lipinski definition) is 1. The molecule has 78 valence electrons. The predicted octanol–water partition coefficient (Wildman–Crippen LogP) is 3.67. The molecule has 0 unspecified atom stereocenters. The first kappa shape index (κ1) is 10.1. The summed E-state index contributed by atoms with van der Waals surface area (Å²) in [7, 11) is 0. The zero-order chi connectivity index (χ0) is 11.1. The van der Waals surface area contributed by atoms with E-state index in [-0.39, 0.29) is 5.41 Å². The lowest BCUT2D eigenvalue weighted by Crippen LogP contribution is -2.12. The summed E-state index contributed by atoms with van der Waals surface area (Å²) in [6.45, 7) is 6.23. The van der Waals surface area contributed by atoms with E-state index in [1.807, 2.05) is 24.3 Å². The molecule has 0 N–H and O–H groups in total. The molecule has 0 aliphatic rings. The van der Waals surface area contributed by atoms with Crippen molar-refractivity contribution in [2.75, 3.05) is 0 Å². The second kappa shape index (κ2) is 3.30. The Kier molecular flexibility index (Phi) is 2.22. The minimum absolute atomic E-state index is 0.0661. The van der Waals surface area contributed by atoms with Gasteiger partial charge in [0.2, 0.25) is 5.95 Å². The molecule has 2 rings (SSSR count). The van der Waals surface area contributed by atoms with Crippen molar-refractivity contribution in [2.45, 2.75) is 26.2 Å². The van der Waals surface area contributed by atoms with Crippen LogP contribution in [0.3, 0.4) is 0 Å². The molecule has 2 heteroatoms. The first-order chi connectivity index (χ1) is 6.98. The summed E-state index contributed by atoms with van der Waals surface area (Å²) in [6.07, 6.45) is 0. The average Bonchev–Trinajstić information content (AvgIpc) is 2.15. The number of benzene rings is 1. The van der Waals surface area contributed by atoms with Crippen LogP contribution < -0.4 is 0 Å². The molecule has 0 saturated heterocycles. The molecular formula is C13H14FN. The monoisotopic (exact) mass is 203 g/mol. The van der Waals surface area contributed by atoms with E-state index in [1.165, 1.54) is 6.07 Å². The van der Waals surface area contributed by atoms with E-state index in [0.717, 1.165) is 16.5 Å². The molecule has 0 spiro atoms. The fraction of sp³-hybridized carbons (Fsp3) is 0.308. The van der Waals surface area contributed by atoms with Gasteiger partial charge in [-0.25, -0.2) is 4.98 Å². The van der Waals surface area contributed by atoms with E-state index in [1.54, 1.807) is 0 Å². The Morgan fingerprint density at radius 3 is 2.47 bits per heavy atom. The van der Waals surface area contributed by atoms with Gasteiger partial charge in [0.1, 0.15) is 0 Å². The van der Waals surface area contributed by atoms with Gasteiger partial charge in [0.25, 0.3) is 0 Å². The lowest BCUT2D eigenvalue weighted by Gasteiger charge is -2.20. The molecular weight excluding hydrogens is 189 g/mol. The first-order valence-corrected chi connectivity index (χ1v) is 5.04. The lowest BCUT2D eigenvalue weighted by atomic mass is 9.85. The minimum atomic E-state index is -0.404. The Bertz CT molecular complexity index is 497. The highest BCUT2D eigenvalue weighted by Gasteiger charge is 2.18. The summed E-state index contributed by atoms with van der Waals surface area (Å²) in [6, 6.07) is 9.19. The molecule has 0 saturated carbocycles. The molecule has 0 radical (unpaired) electrons. The van der Waals surface area contributed by atoms with Gasteiger partial charge in [-0.3, -0.25) is 0 Å². The smallest absolute Gasteiger partial charge is 0.213 e. The van der Waals surface area contributed by atoms with Gasteiger partial charge in [-0.15, -0.1) is 0 Å². The zero-order valence-electron chi connectivity index (χ0n) is 9.21. The van der Waals surface area contributed by atoms with Crippen LogP contribution in [-0.2, 0) is 5.41 Å². The third-order valence-corrected chi connectivity index (χ3v) is 2.49. The standard InChI is InChI=1S/C13H14FN/c1-13(2,3)10-8-12(14)15-11-7-5-4-6-9(10)11/h4-8H,1-3H3. The number of hydrogen-bond donors (Lipinski definition) is 0. The van der Waals surface area contributed by atoms with E-state index < -0.39 is 5.95 Å². The normalized spacial score (nSPS) is 12.0. The maximum Gasteiger partial charge on any atom is 0.213 e. The highest BCUT2D eigenvalue weighted by Crippen LogP contribution is 2.29. The van der Waals surface area contributed by atoms with Crippen molar-refractivity contribution in [2.24, 2.45) is 0 Å². The van der Waals surface area contributed by atoms with Crippen molar-refractivity contribution in [1.29, 1.82) is 0 Å². The van der Waals surface area contributed by atoms with Crippen molar-refractivity contribution in [3.63, 3.8) is 0 Å². The topological polar surface area (TPSA) is 12.9 Å². The number of halogens is 1. The maximum atomic E-state index is 13.3. The molecule has 0 atom stereocenters. The van der Waals surface area contributed by atoms with Gasteiger partial charge in [0, 0.05) is 5.39 Å². The van der Waals surface area contributed by atoms with E-state index in [9.17, 15) is 4.39 Å². The van der Waals surface area contributed by atoms with E-state index >= 15 is 0 Å². The van der Waals surface area contributed by atoms with Crippen LogP contribution in [0.4, 0.5) is 4.39 Å². The van der Waals surface area contributed by atoms with Gasteiger partial charge in [-0.2, -0.15) is 4.39 Å². The van der Waals surface area contributed by atoms with E-state index in [2.05, 4.69) is 25.8 Å². The highest BCUT2D eigenvalue weighted by molar-refractivity contribution is 5.82. The molecule has 2 aromatic rings. The summed E-state index contributed by atoms with van der Waals surface area (Å²) in [5, 5.41) is 1.03. The van der Waals surface area contributed by atoms with Crippen molar-refractivity contribution < 1.29 is 4.39 Å². The largest absolute Gasteiger partial charge is 0.220 e. The second-order valence-electron chi connectivity index (χ2n) is 4.76. The summed E-state index contributed by atoms with van der Waals surface area (Å²) >= 11 is 0. The Hall–Kier alpha value is -1.44. The number of fused-ring (bicyclic) bond motifs is 1. The van der Waals surface area contributed by atoms with E-state index in [4.69, 9.17) is 0 Å². The van der Waals surface area contributed by atoms with Gasteiger partial charge in [0.15, 0.2) is 0 Å². The van der Waals surface area contributed by atoms with E-state index in [0.29, 0.717) is 0 Å². The molecule has 1 aromatic carbocycles. The third kappa shape index (κ3) is 1.84. The quantitative estimate of drug-likeness (QED) is 0.595. The molecule has 0 amide bonds. The Morgan fingerprint density at radius 1 is 1.13 bits per heavy atom. The van der Waals surface area contributed by atoms with Gasteiger partial charge >= 0.3 is 0 Å². The van der Waals surface area contributed by atoms with Crippen LogP contribution >= 0.6 is 0 Å². The molecule has 1 aromatic heterocycles. The van der Waals surface area contributed by atoms with Crippen molar-refractivity contribution >= 4 is 10.9 Å². The predicted molar refractivity (Wildman–Crippen MR) is 60.4 cm³/mol. The number of nitrogens with zero attached hydrogens (tertiary/aromatic N) is 1. The SMILES string of the molecule is CC(C)(C)c1cc(F)nc2ccccc12. The van der Waals surface area contributed by atoms with Crippen LogP contribution in [0.25, 0.3) is 10.9 Å². The first-order valence-electron chi connectivity index (χ1n) is 5.04.